The van der Waals surface area contributed by atoms with Crippen LogP contribution in [0.4, 0.5) is 0 Å². The zero-order valence-corrected chi connectivity index (χ0v) is 15.4. The lowest BCUT2D eigenvalue weighted by Gasteiger charge is -2.24. The van der Waals surface area contributed by atoms with Crippen molar-refractivity contribution in [2.45, 2.75) is 5.92 Å². The Morgan fingerprint density at radius 1 is 1.24 bits per heavy atom. The average molecular weight is 388 g/mol. The molecule has 29 heavy (non-hydrogen) atoms. The third kappa shape index (κ3) is 2.56. The molecule has 0 spiro atoms. The van der Waals surface area contributed by atoms with Gasteiger partial charge in [0.15, 0.2) is 11.5 Å². The molecule has 144 valence electrons. The summed E-state index contributed by atoms with van der Waals surface area (Å²) in [6.45, 7) is 0.109. The summed E-state index contributed by atoms with van der Waals surface area (Å²) < 4.78 is 22.2. The number of nitriles is 1. The quantitative estimate of drug-likeness (QED) is 0.708. The Bertz CT molecular complexity index is 1180. The number of nitrogens with one attached hydrogen (secondary N) is 1. The molecule has 3 N–H and O–H groups in total. The van der Waals surface area contributed by atoms with Crippen LogP contribution in [0.1, 0.15) is 17.0 Å². The van der Waals surface area contributed by atoms with Crippen molar-refractivity contribution in [1.82, 2.24) is 10.2 Å². The maximum Gasteiger partial charge on any atom is 0.244 e. The lowest BCUT2D eigenvalue weighted by molar-refractivity contribution is 0.171. The molecule has 1 atom stereocenters. The standard InChI is InChI=1S/C21H16N4O4/c1-26-14-7-12(8-15-19(14)28-10-27-15)16-13(9-22)20(23)29-21-17(16)18(24-25-21)11-5-3-2-4-6-11/h2-8,16H,10,23H2,1H3,(H,24,25)/t16-/m0/s1. The minimum atomic E-state index is -0.513. The third-order valence-electron chi connectivity index (χ3n) is 5.02. The van der Waals surface area contributed by atoms with Crippen molar-refractivity contribution in [3.8, 4) is 40.5 Å². The molecule has 0 amide bonds. The first-order valence-electron chi connectivity index (χ1n) is 8.90. The Kier molecular flexibility index (Phi) is 3.81. The summed E-state index contributed by atoms with van der Waals surface area (Å²) in [5.74, 6) is 1.45. The number of aromatic nitrogens is 2. The fourth-order valence-electron chi connectivity index (χ4n) is 3.72. The van der Waals surface area contributed by atoms with Crippen LogP contribution in [0.25, 0.3) is 11.3 Å². The lowest BCUT2D eigenvalue weighted by atomic mass is 9.82. The fraction of sp³-hybridized carbons (Fsp3) is 0.143. The molecule has 5 rings (SSSR count). The molecular formula is C21H16N4O4. The van der Waals surface area contributed by atoms with Gasteiger partial charge in [-0.25, -0.2) is 0 Å². The molecule has 0 fully saturated rings. The maximum absolute atomic E-state index is 9.85. The van der Waals surface area contributed by atoms with Crippen LogP contribution in [0.5, 0.6) is 23.1 Å². The van der Waals surface area contributed by atoms with Gasteiger partial charge in [-0.15, -0.1) is 5.10 Å². The van der Waals surface area contributed by atoms with E-state index in [4.69, 9.17) is 24.7 Å². The van der Waals surface area contributed by atoms with E-state index in [2.05, 4.69) is 16.3 Å². The second-order valence-corrected chi connectivity index (χ2v) is 6.57. The van der Waals surface area contributed by atoms with Gasteiger partial charge in [-0.1, -0.05) is 30.3 Å². The Morgan fingerprint density at radius 2 is 2.07 bits per heavy atom. The summed E-state index contributed by atoms with van der Waals surface area (Å²) in [6.07, 6.45) is 0. The number of aromatic amines is 1. The van der Waals surface area contributed by atoms with E-state index in [0.29, 0.717) is 23.1 Å². The number of fused-ring (bicyclic) bond motifs is 2. The summed E-state index contributed by atoms with van der Waals surface area (Å²) >= 11 is 0. The highest BCUT2D eigenvalue weighted by atomic mass is 16.7. The number of allylic oxidation sites excluding steroid dienone is 1. The van der Waals surface area contributed by atoms with Crippen molar-refractivity contribution >= 4 is 0 Å². The van der Waals surface area contributed by atoms with Crippen LogP contribution in [-0.2, 0) is 0 Å². The molecule has 0 unspecified atom stereocenters. The van der Waals surface area contributed by atoms with E-state index in [1.54, 1.807) is 7.11 Å². The summed E-state index contributed by atoms with van der Waals surface area (Å²) in [4.78, 5) is 0. The van der Waals surface area contributed by atoms with Gasteiger partial charge in [0, 0.05) is 0 Å². The van der Waals surface area contributed by atoms with Crippen LogP contribution in [-0.4, -0.2) is 24.1 Å². The fourth-order valence-corrected chi connectivity index (χ4v) is 3.72. The van der Waals surface area contributed by atoms with Gasteiger partial charge in [0.2, 0.25) is 24.3 Å². The number of ether oxygens (including phenoxy) is 4. The topological polar surface area (TPSA) is 115 Å². The van der Waals surface area contributed by atoms with E-state index < -0.39 is 5.92 Å². The lowest BCUT2D eigenvalue weighted by Crippen LogP contribution is -2.21. The molecule has 3 heterocycles. The van der Waals surface area contributed by atoms with Gasteiger partial charge in [-0.05, 0) is 23.3 Å². The van der Waals surface area contributed by atoms with Gasteiger partial charge in [0.25, 0.3) is 0 Å². The number of rotatable bonds is 3. The number of benzene rings is 2. The van der Waals surface area contributed by atoms with E-state index in [1.165, 1.54) is 0 Å². The van der Waals surface area contributed by atoms with Crippen LogP contribution >= 0.6 is 0 Å². The number of nitrogens with zero attached hydrogens (tertiary/aromatic N) is 2. The molecule has 0 saturated carbocycles. The summed E-state index contributed by atoms with van der Waals surface area (Å²) in [5.41, 5.74) is 9.50. The second kappa shape index (κ2) is 6.49. The van der Waals surface area contributed by atoms with Gasteiger partial charge >= 0.3 is 0 Å². The van der Waals surface area contributed by atoms with Crippen LogP contribution in [0.15, 0.2) is 53.9 Å². The predicted octanol–water partition coefficient (Wildman–Crippen LogP) is 3.03. The van der Waals surface area contributed by atoms with E-state index in [1.807, 2.05) is 42.5 Å². The first kappa shape index (κ1) is 17.0. The molecule has 8 nitrogen and oxygen atoms in total. The molecule has 8 heteroatoms. The highest BCUT2D eigenvalue weighted by molar-refractivity contribution is 5.71. The van der Waals surface area contributed by atoms with Crippen LogP contribution in [0.3, 0.4) is 0 Å². The molecule has 0 aliphatic carbocycles. The first-order valence-corrected chi connectivity index (χ1v) is 8.90. The minimum Gasteiger partial charge on any atom is -0.493 e. The van der Waals surface area contributed by atoms with E-state index >= 15 is 0 Å². The van der Waals surface area contributed by atoms with Crippen LogP contribution in [0.2, 0.25) is 0 Å². The molecule has 2 aliphatic heterocycles. The smallest absolute Gasteiger partial charge is 0.244 e. The molecular weight excluding hydrogens is 372 g/mol. The van der Waals surface area contributed by atoms with Gasteiger partial charge in [0.05, 0.1) is 24.3 Å². The molecule has 1 aromatic heterocycles. The maximum atomic E-state index is 9.85. The zero-order valence-electron chi connectivity index (χ0n) is 15.4. The summed E-state index contributed by atoms with van der Waals surface area (Å²) in [6, 6.07) is 15.5. The Labute approximate surface area is 166 Å². The number of hydrogen-bond acceptors (Lipinski definition) is 7. The normalized spacial score (nSPS) is 16.8. The molecule has 0 radical (unpaired) electrons. The highest BCUT2D eigenvalue weighted by Crippen LogP contribution is 2.50. The number of nitrogens with two attached hydrogens (primary N) is 1. The molecule has 2 aromatic carbocycles. The zero-order chi connectivity index (χ0) is 20.0. The van der Waals surface area contributed by atoms with E-state index in [9.17, 15) is 5.26 Å². The van der Waals surface area contributed by atoms with Gasteiger partial charge < -0.3 is 24.7 Å². The SMILES string of the molecule is COc1cc([C@H]2C(C#N)=C(N)Oc3n[nH]c(-c4ccccc4)c32)cc2c1OCO2. The third-order valence-corrected chi connectivity index (χ3v) is 5.02. The van der Waals surface area contributed by atoms with Crippen molar-refractivity contribution < 1.29 is 18.9 Å². The molecule has 0 bridgehead atoms. The molecule has 0 saturated heterocycles. The molecule has 2 aliphatic rings. The minimum absolute atomic E-state index is 0.0211. The summed E-state index contributed by atoms with van der Waals surface area (Å²) in [7, 11) is 1.55. The monoisotopic (exact) mass is 388 g/mol. The Hall–Kier alpha value is -4.12. The Balaban J connectivity index is 1.75. The van der Waals surface area contributed by atoms with Crippen molar-refractivity contribution in [2.24, 2.45) is 5.73 Å². The number of H-pyrrole nitrogens is 1. The number of methoxy groups -OCH3 is 1. The number of hydrogen-bond donors (Lipinski definition) is 2. The van der Waals surface area contributed by atoms with E-state index in [-0.39, 0.29) is 18.2 Å². The first-order chi connectivity index (χ1) is 14.2. The van der Waals surface area contributed by atoms with Crippen molar-refractivity contribution in [1.29, 1.82) is 5.26 Å². The second-order valence-electron chi connectivity index (χ2n) is 6.57. The van der Waals surface area contributed by atoms with Crippen LogP contribution in [0, 0.1) is 11.3 Å². The van der Waals surface area contributed by atoms with Gasteiger partial charge in [-0.3, -0.25) is 5.10 Å². The van der Waals surface area contributed by atoms with Crippen LogP contribution < -0.4 is 24.7 Å². The predicted molar refractivity (Wildman–Crippen MR) is 102 cm³/mol. The van der Waals surface area contributed by atoms with Crippen molar-refractivity contribution in [2.75, 3.05) is 13.9 Å². The average Bonchev–Trinajstić information content (AvgIpc) is 3.39. The molecule has 3 aromatic rings. The highest BCUT2D eigenvalue weighted by Gasteiger charge is 2.37. The summed E-state index contributed by atoms with van der Waals surface area (Å²) in [5, 5.41) is 17.2. The van der Waals surface area contributed by atoms with E-state index in [0.717, 1.165) is 22.4 Å². The largest absolute Gasteiger partial charge is 0.493 e. The Morgan fingerprint density at radius 3 is 2.83 bits per heavy atom. The van der Waals surface area contributed by atoms with Crippen molar-refractivity contribution in [3.63, 3.8) is 0 Å². The van der Waals surface area contributed by atoms with Gasteiger partial charge in [-0.2, -0.15) is 5.26 Å². The van der Waals surface area contributed by atoms with Crippen molar-refractivity contribution in [3.05, 3.63) is 65.0 Å². The van der Waals surface area contributed by atoms with Gasteiger partial charge in [0.1, 0.15) is 11.6 Å².